The second-order valence-corrected chi connectivity index (χ2v) is 5.78. The molecule has 1 fully saturated rings. The van der Waals surface area contributed by atoms with Gasteiger partial charge in [0.1, 0.15) is 12.1 Å². The van der Waals surface area contributed by atoms with Gasteiger partial charge in [-0.1, -0.05) is 40.5 Å². The number of amides is 2. The zero-order valence-corrected chi connectivity index (χ0v) is 13.0. The summed E-state index contributed by atoms with van der Waals surface area (Å²) in [6.45, 7) is 7.77. The molecule has 1 aliphatic heterocycles. The molecule has 1 saturated heterocycles. The first-order valence-corrected chi connectivity index (χ1v) is 7.64. The van der Waals surface area contributed by atoms with E-state index in [0.29, 0.717) is 13.0 Å². The van der Waals surface area contributed by atoms with Crippen LogP contribution in [0.15, 0.2) is 0 Å². The predicted molar refractivity (Wildman–Crippen MR) is 76.9 cm³/mol. The Morgan fingerprint density at radius 3 is 2.30 bits per heavy atom. The van der Waals surface area contributed by atoms with E-state index in [1.807, 2.05) is 27.7 Å². The van der Waals surface area contributed by atoms with Gasteiger partial charge in [-0.3, -0.25) is 14.0 Å². The standard InChI is InChI=1S/C15H27FN2O2/c1-5-10(3)12-15(20)18(9-7-8-16)13(11(4)6-2)14(19)17-12/h10-13H,5-9H2,1-4H3,(H,17,19). The van der Waals surface area contributed by atoms with E-state index in [2.05, 4.69) is 5.32 Å². The third-order valence-electron chi connectivity index (χ3n) is 4.38. The van der Waals surface area contributed by atoms with Crippen LogP contribution in [0.1, 0.15) is 47.0 Å². The molecule has 0 aromatic heterocycles. The fraction of sp³-hybridized carbons (Fsp3) is 0.867. The summed E-state index contributed by atoms with van der Waals surface area (Å²) in [7, 11) is 0. The fourth-order valence-corrected chi connectivity index (χ4v) is 2.65. The average Bonchev–Trinajstić information content (AvgIpc) is 2.45. The lowest BCUT2D eigenvalue weighted by molar-refractivity contribution is -0.153. The van der Waals surface area contributed by atoms with Crippen molar-refractivity contribution >= 4 is 11.8 Å². The fourth-order valence-electron chi connectivity index (χ4n) is 2.65. The Bertz CT molecular complexity index is 349. The topological polar surface area (TPSA) is 49.4 Å². The zero-order valence-electron chi connectivity index (χ0n) is 13.0. The van der Waals surface area contributed by atoms with Crippen LogP contribution in [-0.2, 0) is 9.59 Å². The minimum Gasteiger partial charge on any atom is -0.342 e. The number of alkyl halides is 1. The summed E-state index contributed by atoms with van der Waals surface area (Å²) in [6, 6.07) is -0.924. The van der Waals surface area contributed by atoms with Crippen LogP contribution in [0.4, 0.5) is 4.39 Å². The van der Waals surface area contributed by atoms with Crippen LogP contribution in [0, 0.1) is 11.8 Å². The molecule has 0 bridgehead atoms. The van der Waals surface area contributed by atoms with E-state index < -0.39 is 18.8 Å². The second-order valence-electron chi connectivity index (χ2n) is 5.78. The Balaban J connectivity index is 2.97. The van der Waals surface area contributed by atoms with Gasteiger partial charge in [-0.25, -0.2) is 0 Å². The lowest BCUT2D eigenvalue weighted by Gasteiger charge is -2.43. The number of carbonyl (C=O) groups excluding carboxylic acids is 2. The van der Waals surface area contributed by atoms with Gasteiger partial charge in [0.15, 0.2) is 0 Å². The maximum Gasteiger partial charge on any atom is 0.246 e. The van der Waals surface area contributed by atoms with Gasteiger partial charge in [-0.15, -0.1) is 0 Å². The van der Waals surface area contributed by atoms with Gasteiger partial charge in [-0.05, 0) is 18.3 Å². The van der Waals surface area contributed by atoms with E-state index in [1.54, 1.807) is 4.90 Å². The molecule has 0 radical (unpaired) electrons. The number of hydrogen-bond acceptors (Lipinski definition) is 2. The van der Waals surface area contributed by atoms with Crippen LogP contribution < -0.4 is 5.32 Å². The third-order valence-corrected chi connectivity index (χ3v) is 4.38. The lowest BCUT2D eigenvalue weighted by atomic mass is 9.89. The molecule has 4 atom stereocenters. The zero-order chi connectivity index (χ0) is 15.3. The summed E-state index contributed by atoms with van der Waals surface area (Å²) in [6.07, 6.45) is 1.92. The van der Waals surface area contributed by atoms with Crippen molar-refractivity contribution < 1.29 is 14.0 Å². The molecule has 4 unspecified atom stereocenters. The lowest BCUT2D eigenvalue weighted by Crippen LogP contribution is -2.66. The number of nitrogens with zero attached hydrogens (tertiary/aromatic N) is 1. The van der Waals surface area contributed by atoms with E-state index in [1.165, 1.54) is 0 Å². The third kappa shape index (κ3) is 3.49. The molecule has 5 heteroatoms. The Labute approximate surface area is 121 Å². The normalized spacial score (nSPS) is 26.4. The monoisotopic (exact) mass is 286 g/mol. The van der Waals surface area contributed by atoms with Gasteiger partial charge in [0, 0.05) is 6.54 Å². The molecule has 1 heterocycles. The summed E-state index contributed by atoms with van der Waals surface area (Å²) < 4.78 is 12.5. The molecule has 0 saturated carbocycles. The quantitative estimate of drug-likeness (QED) is 0.779. The highest BCUT2D eigenvalue weighted by molar-refractivity contribution is 5.97. The average molecular weight is 286 g/mol. The van der Waals surface area contributed by atoms with Crippen molar-refractivity contribution in [1.29, 1.82) is 0 Å². The molecular weight excluding hydrogens is 259 g/mol. The number of halogens is 1. The molecule has 1 aliphatic rings. The molecule has 1 rings (SSSR count). The van der Waals surface area contributed by atoms with Crippen molar-refractivity contribution in [3.63, 3.8) is 0 Å². The Morgan fingerprint density at radius 2 is 1.80 bits per heavy atom. The van der Waals surface area contributed by atoms with Gasteiger partial charge < -0.3 is 10.2 Å². The van der Waals surface area contributed by atoms with Crippen LogP contribution >= 0.6 is 0 Å². The Kier molecular flexibility index (Phi) is 6.43. The number of piperazine rings is 1. The molecule has 0 aliphatic carbocycles. The molecular formula is C15H27FN2O2. The largest absolute Gasteiger partial charge is 0.342 e. The Morgan fingerprint density at radius 1 is 1.20 bits per heavy atom. The molecule has 0 aromatic rings. The van der Waals surface area contributed by atoms with Gasteiger partial charge in [0.25, 0.3) is 0 Å². The highest BCUT2D eigenvalue weighted by Gasteiger charge is 2.43. The van der Waals surface area contributed by atoms with Crippen LogP contribution in [0.5, 0.6) is 0 Å². The van der Waals surface area contributed by atoms with Crippen molar-refractivity contribution in [2.45, 2.75) is 59.0 Å². The van der Waals surface area contributed by atoms with Crippen molar-refractivity contribution in [3.05, 3.63) is 0 Å². The number of nitrogens with one attached hydrogen (secondary N) is 1. The van der Waals surface area contributed by atoms with Gasteiger partial charge in [0.05, 0.1) is 6.67 Å². The molecule has 4 nitrogen and oxygen atoms in total. The first-order chi connectivity index (χ1) is 9.47. The molecule has 116 valence electrons. The number of rotatable bonds is 7. The second kappa shape index (κ2) is 7.60. The Hall–Kier alpha value is -1.13. The van der Waals surface area contributed by atoms with Crippen molar-refractivity contribution in [2.75, 3.05) is 13.2 Å². The summed E-state index contributed by atoms with van der Waals surface area (Å²) >= 11 is 0. The summed E-state index contributed by atoms with van der Waals surface area (Å²) in [5.74, 6) is 0.0226. The molecule has 20 heavy (non-hydrogen) atoms. The summed E-state index contributed by atoms with van der Waals surface area (Å²) in [5, 5.41) is 2.86. The van der Waals surface area contributed by atoms with Crippen LogP contribution in [-0.4, -0.2) is 42.0 Å². The maximum atomic E-state index is 12.6. The van der Waals surface area contributed by atoms with E-state index in [9.17, 15) is 14.0 Å². The molecule has 0 spiro atoms. The first-order valence-electron chi connectivity index (χ1n) is 7.64. The minimum absolute atomic E-state index is 0.0577. The van der Waals surface area contributed by atoms with E-state index in [4.69, 9.17) is 0 Å². The van der Waals surface area contributed by atoms with Crippen molar-refractivity contribution in [1.82, 2.24) is 10.2 Å². The van der Waals surface area contributed by atoms with E-state index >= 15 is 0 Å². The van der Waals surface area contributed by atoms with E-state index in [0.717, 1.165) is 12.8 Å². The first kappa shape index (κ1) is 16.9. The van der Waals surface area contributed by atoms with Crippen LogP contribution in [0.25, 0.3) is 0 Å². The summed E-state index contributed by atoms with van der Waals surface area (Å²) in [4.78, 5) is 26.5. The maximum absolute atomic E-state index is 12.6. The van der Waals surface area contributed by atoms with Gasteiger partial charge >= 0.3 is 0 Å². The van der Waals surface area contributed by atoms with E-state index in [-0.39, 0.29) is 23.7 Å². The highest BCUT2D eigenvalue weighted by Crippen LogP contribution is 2.23. The highest BCUT2D eigenvalue weighted by atomic mass is 19.1. The van der Waals surface area contributed by atoms with Crippen LogP contribution in [0.3, 0.4) is 0 Å². The SMILES string of the molecule is CCC(C)C1NC(=O)C(C(C)CC)N(CCCF)C1=O. The minimum atomic E-state index is -0.466. The molecule has 0 aromatic carbocycles. The van der Waals surface area contributed by atoms with Crippen molar-refractivity contribution in [2.24, 2.45) is 11.8 Å². The van der Waals surface area contributed by atoms with Gasteiger partial charge in [-0.2, -0.15) is 0 Å². The molecule has 1 N–H and O–H groups in total. The van der Waals surface area contributed by atoms with Crippen molar-refractivity contribution in [3.8, 4) is 0 Å². The predicted octanol–water partition coefficient (Wildman–Crippen LogP) is 2.13. The van der Waals surface area contributed by atoms with Crippen LogP contribution in [0.2, 0.25) is 0 Å². The van der Waals surface area contributed by atoms with Gasteiger partial charge in [0.2, 0.25) is 11.8 Å². The molecule has 2 amide bonds. The summed E-state index contributed by atoms with van der Waals surface area (Å²) in [5.41, 5.74) is 0. The number of hydrogen-bond donors (Lipinski definition) is 1. The number of carbonyl (C=O) groups is 2. The smallest absolute Gasteiger partial charge is 0.246 e.